The van der Waals surface area contributed by atoms with Crippen molar-refractivity contribution >= 4 is 11.6 Å². The molecule has 1 aromatic carbocycles. The van der Waals surface area contributed by atoms with Crippen molar-refractivity contribution in [1.29, 1.82) is 0 Å². The Morgan fingerprint density at radius 3 is 2.87 bits per heavy atom. The smallest absolute Gasteiger partial charge is 0.231 e. The van der Waals surface area contributed by atoms with Crippen LogP contribution in [-0.4, -0.2) is 114 Å². The van der Waals surface area contributed by atoms with E-state index in [1.807, 2.05) is 6.07 Å². The van der Waals surface area contributed by atoms with Crippen molar-refractivity contribution in [3.05, 3.63) is 23.3 Å². The lowest BCUT2D eigenvalue weighted by Crippen LogP contribution is -2.61. The highest BCUT2D eigenvalue weighted by Crippen LogP contribution is 2.66. The van der Waals surface area contributed by atoms with Gasteiger partial charge in [0.25, 0.3) is 0 Å². The van der Waals surface area contributed by atoms with Gasteiger partial charge in [0.2, 0.25) is 24.7 Å². The maximum absolute atomic E-state index is 10.8. The maximum atomic E-state index is 10.8. The first kappa shape index (κ1) is 24.4. The molecule has 8 aliphatic rings. The molecule has 8 aliphatic heterocycles. The molecule has 12 heteroatoms. The van der Waals surface area contributed by atoms with Gasteiger partial charge in [-0.15, -0.1) is 0 Å². The lowest BCUT2D eigenvalue weighted by molar-refractivity contribution is -0.277. The standard InChI is InChI=1S/C27H32N2O10/c1-34-3-2-11-7-29-15-6-27-18(29)4-12(11)13(15)9-35-26(27)28-14-5-16-23(37-10-36-16)24(19(14)27)39-25-22(33)21(32)20(31)17(8-30)38-25/h2,5,12-13,15,17-18,20-22,25,30-33H,3-4,6-10H2,1H3. The molecule has 1 aromatic rings. The molecule has 39 heavy (non-hydrogen) atoms. The van der Waals surface area contributed by atoms with Crippen LogP contribution in [0.15, 0.2) is 22.7 Å². The van der Waals surface area contributed by atoms with E-state index in [1.165, 1.54) is 5.57 Å². The fourth-order valence-electron chi connectivity index (χ4n) is 8.19. The Balaban J connectivity index is 1.24. The monoisotopic (exact) mass is 544 g/mol. The first-order valence-electron chi connectivity index (χ1n) is 13.6. The third kappa shape index (κ3) is 3.10. The van der Waals surface area contributed by atoms with Crippen LogP contribution in [0.1, 0.15) is 18.4 Å². The summed E-state index contributed by atoms with van der Waals surface area (Å²) in [6.07, 6.45) is -3.13. The Morgan fingerprint density at radius 1 is 1.18 bits per heavy atom. The molecule has 11 atom stereocenters. The number of fused-ring (bicyclic) bond motifs is 3. The summed E-state index contributed by atoms with van der Waals surface area (Å²) < 4.78 is 35.5. The molecule has 0 aromatic heterocycles. The summed E-state index contributed by atoms with van der Waals surface area (Å²) in [4.78, 5) is 7.55. The minimum Gasteiger partial charge on any atom is -0.480 e. The third-order valence-corrected chi connectivity index (χ3v) is 9.91. The van der Waals surface area contributed by atoms with Gasteiger partial charge in [-0.05, 0) is 18.8 Å². The van der Waals surface area contributed by atoms with E-state index >= 15 is 0 Å². The van der Waals surface area contributed by atoms with E-state index in [0.29, 0.717) is 59.9 Å². The Bertz CT molecular complexity index is 1270. The number of methoxy groups -OCH3 is 1. The van der Waals surface area contributed by atoms with Gasteiger partial charge in [0.05, 0.1) is 30.9 Å². The van der Waals surface area contributed by atoms with Gasteiger partial charge in [0.1, 0.15) is 24.4 Å². The number of aliphatic hydroxyl groups is 4. The molecule has 6 saturated heterocycles. The number of piperidine rings is 3. The fraction of sp³-hybridized carbons (Fsp3) is 0.667. The number of hydrogen-bond acceptors (Lipinski definition) is 12. The van der Waals surface area contributed by atoms with Gasteiger partial charge in [-0.25, -0.2) is 4.99 Å². The normalized spacial score (nSPS) is 45.2. The average molecular weight is 545 g/mol. The van der Waals surface area contributed by atoms with Crippen LogP contribution in [0.4, 0.5) is 5.69 Å². The molecule has 12 nitrogen and oxygen atoms in total. The first-order chi connectivity index (χ1) is 19.0. The van der Waals surface area contributed by atoms with E-state index < -0.39 is 42.7 Å². The van der Waals surface area contributed by atoms with Crippen molar-refractivity contribution in [3.8, 4) is 17.2 Å². The molecule has 1 spiro atoms. The number of nitrogens with zero attached hydrogens (tertiary/aromatic N) is 2. The molecule has 0 amide bonds. The van der Waals surface area contributed by atoms with E-state index in [4.69, 9.17) is 33.4 Å². The fourth-order valence-corrected chi connectivity index (χ4v) is 8.19. The quantitative estimate of drug-likeness (QED) is 0.358. The van der Waals surface area contributed by atoms with Crippen LogP contribution in [0.2, 0.25) is 0 Å². The summed E-state index contributed by atoms with van der Waals surface area (Å²) in [7, 11) is 1.71. The number of aliphatic hydroxyl groups excluding tert-OH is 4. The van der Waals surface area contributed by atoms with E-state index in [2.05, 4.69) is 11.0 Å². The zero-order valence-electron chi connectivity index (χ0n) is 21.4. The van der Waals surface area contributed by atoms with Crippen LogP contribution in [-0.2, 0) is 19.6 Å². The highest BCUT2D eigenvalue weighted by Gasteiger charge is 2.70. The zero-order valence-corrected chi connectivity index (χ0v) is 21.4. The Kier molecular flexibility index (Phi) is 5.32. The van der Waals surface area contributed by atoms with Gasteiger partial charge in [-0.2, -0.15) is 0 Å². The van der Waals surface area contributed by atoms with Crippen LogP contribution in [0.25, 0.3) is 0 Å². The van der Waals surface area contributed by atoms with Crippen LogP contribution in [0.3, 0.4) is 0 Å². The number of benzene rings is 1. The lowest BCUT2D eigenvalue weighted by atomic mass is 9.68. The minimum absolute atomic E-state index is 0.000674. The summed E-state index contributed by atoms with van der Waals surface area (Å²) in [5.74, 6) is 2.56. The second-order valence-electron chi connectivity index (χ2n) is 11.5. The van der Waals surface area contributed by atoms with Crippen molar-refractivity contribution < 1.29 is 48.8 Å². The molecular weight excluding hydrogens is 512 g/mol. The summed E-state index contributed by atoms with van der Waals surface area (Å²) in [6, 6.07) is 2.29. The van der Waals surface area contributed by atoms with Gasteiger partial charge in [-0.3, -0.25) is 4.90 Å². The molecule has 6 fully saturated rings. The molecule has 9 rings (SSSR count). The molecule has 0 saturated carbocycles. The summed E-state index contributed by atoms with van der Waals surface area (Å²) >= 11 is 0. The van der Waals surface area contributed by atoms with E-state index in [-0.39, 0.29) is 12.8 Å². The molecule has 4 N–H and O–H groups in total. The van der Waals surface area contributed by atoms with E-state index in [9.17, 15) is 20.4 Å². The van der Waals surface area contributed by atoms with Crippen molar-refractivity contribution in [3.63, 3.8) is 0 Å². The third-order valence-electron chi connectivity index (χ3n) is 9.91. The second-order valence-corrected chi connectivity index (χ2v) is 11.5. The average Bonchev–Trinajstić information content (AvgIpc) is 3.56. The van der Waals surface area contributed by atoms with Crippen molar-refractivity contribution in [2.45, 2.75) is 61.0 Å². The summed E-state index contributed by atoms with van der Waals surface area (Å²) in [6.45, 7) is 1.48. The molecular formula is C27H32N2O10. The summed E-state index contributed by atoms with van der Waals surface area (Å²) in [5.41, 5.74) is 2.28. The first-order valence-corrected chi connectivity index (χ1v) is 13.6. The number of hydrogen-bond donors (Lipinski definition) is 4. The number of ether oxygens (including phenoxy) is 6. The van der Waals surface area contributed by atoms with Crippen LogP contribution in [0, 0.1) is 11.8 Å². The van der Waals surface area contributed by atoms with Crippen LogP contribution in [0.5, 0.6) is 17.2 Å². The van der Waals surface area contributed by atoms with E-state index in [1.54, 1.807) is 7.11 Å². The highest BCUT2D eigenvalue weighted by atomic mass is 16.7. The SMILES string of the molecule is COCC=C1CN2C3CC45C(=Nc6cc7c(c(OC8OC(CO)C(O)C(O)C8O)c64)OCO7)OCC3C1CC25. The predicted molar refractivity (Wildman–Crippen MR) is 132 cm³/mol. The van der Waals surface area contributed by atoms with Crippen LogP contribution < -0.4 is 14.2 Å². The predicted octanol–water partition coefficient (Wildman–Crippen LogP) is -0.429. The van der Waals surface area contributed by atoms with Crippen LogP contribution >= 0.6 is 0 Å². The highest BCUT2D eigenvalue weighted by molar-refractivity contribution is 6.00. The largest absolute Gasteiger partial charge is 0.480 e. The molecule has 0 aliphatic carbocycles. The number of aliphatic imine (C=N–C) groups is 1. The van der Waals surface area contributed by atoms with Gasteiger partial charge in [0.15, 0.2) is 11.5 Å². The second kappa shape index (κ2) is 8.53. The maximum Gasteiger partial charge on any atom is 0.231 e. The van der Waals surface area contributed by atoms with Gasteiger partial charge in [-0.1, -0.05) is 11.6 Å². The lowest BCUT2D eigenvalue weighted by Gasteiger charge is -2.54. The molecule has 0 radical (unpaired) electrons. The summed E-state index contributed by atoms with van der Waals surface area (Å²) in [5, 5.41) is 41.2. The van der Waals surface area contributed by atoms with Crippen molar-refractivity contribution in [1.82, 2.24) is 4.90 Å². The Hall–Kier alpha value is -2.45. The molecule has 5 bridgehead atoms. The molecule has 11 unspecified atom stereocenters. The topological polar surface area (TPSA) is 152 Å². The van der Waals surface area contributed by atoms with Gasteiger partial charge < -0.3 is 48.8 Å². The Labute approximate surface area is 224 Å². The number of rotatable bonds is 5. The minimum atomic E-state index is -1.57. The van der Waals surface area contributed by atoms with Crippen molar-refractivity contribution in [2.24, 2.45) is 16.8 Å². The van der Waals surface area contributed by atoms with Crippen molar-refractivity contribution in [2.75, 3.05) is 40.3 Å². The zero-order chi connectivity index (χ0) is 26.6. The van der Waals surface area contributed by atoms with Gasteiger partial charge >= 0.3 is 0 Å². The van der Waals surface area contributed by atoms with Gasteiger partial charge in [0, 0.05) is 43.3 Å². The molecule has 8 heterocycles. The molecule has 210 valence electrons. The Morgan fingerprint density at radius 2 is 2.05 bits per heavy atom. The van der Waals surface area contributed by atoms with E-state index in [0.717, 1.165) is 24.9 Å².